The minimum atomic E-state index is -0.520. The standard InChI is InChI=1S/C14H11NO2/c16-11-7-17-12-6-5-10-13(14(11)12)8-3-1-2-4-9(8)15-10/h1-6,11,15-16H,7H2. The third-order valence-corrected chi connectivity index (χ3v) is 3.40. The predicted molar refractivity (Wildman–Crippen MR) is 66.3 cm³/mol. The summed E-state index contributed by atoms with van der Waals surface area (Å²) in [5.74, 6) is 0.801. The number of para-hydroxylation sites is 1. The molecule has 84 valence electrons. The lowest BCUT2D eigenvalue weighted by atomic mass is 10.0. The zero-order valence-electron chi connectivity index (χ0n) is 9.10. The summed E-state index contributed by atoms with van der Waals surface area (Å²) in [5.41, 5.74) is 3.06. The smallest absolute Gasteiger partial charge is 0.126 e. The lowest BCUT2D eigenvalue weighted by molar-refractivity contribution is 0.141. The van der Waals surface area contributed by atoms with Gasteiger partial charge in [0.25, 0.3) is 0 Å². The second-order valence-electron chi connectivity index (χ2n) is 4.40. The van der Waals surface area contributed by atoms with Gasteiger partial charge in [-0.15, -0.1) is 0 Å². The van der Waals surface area contributed by atoms with Crippen molar-refractivity contribution in [2.75, 3.05) is 6.61 Å². The largest absolute Gasteiger partial charge is 0.490 e. The summed E-state index contributed by atoms with van der Waals surface area (Å²) in [6.07, 6.45) is -0.520. The summed E-state index contributed by atoms with van der Waals surface area (Å²) in [6, 6.07) is 12.1. The van der Waals surface area contributed by atoms with Gasteiger partial charge >= 0.3 is 0 Å². The highest BCUT2D eigenvalue weighted by atomic mass is 16.5. The van der Waals surface area contributed by atoms with Gasteiger partial charge in [0.05, 0.1) is 0 Å². The van der Waals surface area contributed by atoms with E-state index < -0.39 is 6.10 Å². The zero-order chi connectivity index (χ0) is 11.4. The molecule has 0 saturated heterocycles. The number of hydrogen-bond acceptors (Lipinski definition) is 2. The predicted octanol–water partition coefficient (Wildman–Crippen LogP) is 2.75. The van der Waals surface area contributed by atoms with Gasteiger partial charge in [-0.3, -0.25) is 0 Å². The number of benzene rings is 2. The molecule has 2 N–H and O–H groups in total. The zero-order valence-corrected chi connectivity index (χ0v) is 9.10. The number of fused-ring (bicyclic) bond motifs is 5. The molecule has 0 fully saturated rings. The lowest BCUT2D eigenvalue weighted by Crippen LogP contribution is -1.97. The van der Waals surface area contributed by atoms with Crippen molar-refractivity contribution in [1.82, 2.24) is 4.98 Å². The minimum Gasteiger partial charge on any atom is -0.490 e. The highest BCUT2D eigenvalue weighted by Crippen LogP contribution is 2.41. The fraction of sp³-hybridized carbons (Fsp3) is 0.143. The van der Waals surface area contributed by atoms with Crippen molar-refractivity contribution in [3.63, 3.8) is 0 Å². The molecule has 3 heteroatoms. The Kier molecular flexibility index (Phi) is 1.61. The van der Waals surface area contributed by atoms with Crippen LogP contribution in [0.2, 0.25) is 0 Å². The van der Waals surface area contributed by atoms with Gasteiger partial charge in [-0.05, 0) is 18.2 Å². The molecule has 4 rings (SSSR count). The maximum Gasteiger partial charge on any atom is 0.126 e. The van der Waals surface area contributed by atoms with E-state index in [0.29, 0.717) is 6.61 Å². The molecule has 1 aliphatic rings. The summed E-state index contributed by atoms with van der Waals surface area (Å²) < 4.78 is 5.47. The van der Waals surface area contributed by atoms with E-state index in [2.05, 4.69) is 11.1 Å². The first-order valence-corrected chi connectivity index (χ1v) is 5.69. The Balaban J connectivity index is 2.25. The molecule has 2 aromatic carbocycles. The molecule has 0 spiro atoms. The average Bonchev–Trinajstić information content (AvgIpc) is 2.90. The highest BCUT2D eigenvalue weighted by Gasteiger charge is 2.25. The normalized spacial score (nSPS) is 18.5. The first kappa shape index (κ1) is 9.07. The number of rotatable bonds is 0. The number of H-pyrrole nitrogens is 1. The molecule has 1 aliphatic heterocycles. The fourth-order valence-corrected chi connectivity index (χ4v) is 2.66. The van der Waals surface area contributed by atoms with E-state index in [1.165, 1.54) is 0 Å². The second kappa shape index (κ2) is 3.02. The quantitative estimate of drug-likeness (QED) is 0.618. The number of hydrogen-bond donors (Lipinski definition) is 2. The monoisotopic (exact) mass is 225 g/mol. The molecular weight excluding hydrogens is 214 g/mol. The van der Waals surface area contributed by atoms with Crippen molar-refractivity contribution < 1.29 is 9.84 Å². The van der Waals surface area contributed by atoms with Crippen LogP contribution in [-0.2, 0) is 0 Å². The van der Waals surface area contributed by atoms with Gasteiger partial charge in [0.1, 0.15) is 18.5 Å². The van der Waals surface area contributed by atoms with Crippen molar-refractivity contribution in [1.29, 1.82) is 0 Å². The van der Waals surface area contributed by atoms with Crippen LogP contribution in [0, 0.1) is 0 Å². The van der Waals surface area contributed by atoms with E-state index in [0.717, 1.165) is 33.1 Å². The second-order valence-corrected chi connectivity index (χ2v) is 4.40. The van der Waals surface area contributed by atoms with Crippen LogP contribution in [0.1, 0.15) is 11.7 Å². The third kappa shape index (κ3) is 1.09. The van der Waals surface area contributed by atoms with Gasteiger partial charge in [-0.1, -0.05) is 18.2 Å². The SMILES string of the molecule is OC1COc2ccc3[nH]c4ccccc4c3c21. The van der Waals surface area contributed by atoms with E-state index in [-0.39, 0.29) is 0 Å². The summed E-state index contributed by atoms with van der Waals surface area (Å²) in [4.78, 5) is 3.36. The van der Waals surface area contributed by atoms with Crippen LogP contribution in [0.5, 0.6) is 5.75 Å². The minimum absolute atomic E-state index is 0.355. The summed E-state index contributed by atoms with van der Waals surface area (Å²) in [6.45, 7) is 0.355. The number of aromatic nitrogens is 1. The van der Waals surface area contributed by atoms with Crippen LogP contribution < -0.4 is 4.74 Å². The van der Waals surface area contributed by atoms with Gasteiger partial charge in [-0.25, -0.2) is 0 Å². The molecule has 0 amide bonds. The molecule has 3 aromatic rings. The fourth-order valence-electron chi connectivity index (χ4n) is 2.66. The van der Waals surface area contributed by atoms with Crippen LogP contribution >= 0.6 is 0 Å². The van der Waals surface area contributed by atoms with Crippen LogP contribution in [0.4, 0.5) is 0 Å². The van der Waals surface area contributed by atoms with Crippen molar-refractivity contribution in [2.45, 2.75) is 6.10 Å². The topological polar surface area (TPSA) is 45.2 Å². The van der Waals surface area contributed by atoms with Gasteiger partial charge in [-0.2, -0.15) is 0 Å². The van der Waals surface area contributed by atoms with Crippen molar-refractivity contribution in [3.8, 4) is 5.75 Å². The van der Waals surface area contributed by atoms with Crippen LogP contribution in [0.15, 0.2) is 36.4 Å². The third-order valence-electron chi connectivity index (χ3n) is 3.40. The molecular formula is C14H11NO2. The van der Waals surface area contributed by atoms with Crippen LogP contribution in [0.25, 0.3) is 21.8 Å². The summed E-state index contributed by atoms with van der Waals surface area (Å²) in [5, 5.41) is 12.2. The molecule has 0 aliphatic carbocycles. The van der Waals surface area contributed by atoms with Crippen LogP contribution in [-0.4, -0.2) is 16.7 Å². The maximum absolute atomic E-state index is 10.0. The molecule has 0 bridgehead atoms. The Morgan fingerprint density at radius 2 is 2.00 bits per heavy atom. The van der Waals surface area contributed by atoms with Crippen molar-refractivity contribution in [3.05, 3.63) is 42.0 Å². The van der Waals surface area contributed by atoms with Gasteiger partial charge < -0.3 is 14.8 Å². The van der Waals surface area contributed by atoms with Crippen molar-refractivity contribution >= 4 is 21.8 Å². The Labute approximate surface area is 97.6 Å². The number of aromatic amines is 1. The lowest BCUT2D eigenvalue weighted by Gasteiger charge is -2.02. The Bertz CT molecular complexity index is 729. The molecule has 1 unspecified atom stereocenters. The molecule has 2 heterocycles. The maximum atomic E-state index is 10.0. The Morgan fingerprint density at radius 1 is 1.12 bits per heavy atom. The van der Waals surface area contributed by atoms with Gasteiger partial charge in [0, 0.05) is 27.4 Å². The van der Waals surface area contributed by atoms with Gasteiger partial charge in [0.2, 0.25) is 0 Å². The van der Waals surface area contributed by atoms with E-state index in [9.17, 15) is 5.11 Å². The van der Waals surface area contributed by atoms with Gasteiger partial charge in [0.15, 0.2) is 0 Å². The number of aliphatic hydroxyl groups excluding tert-OH is 1. The van der Waals surface area contributed by atoms with E-state index >= 15 is 0 Å². The van der Waals surface area contributed by atoms with E-state index in [4.69, 9.17) is 4.74 Å². The first-order chi connectivity index (χ1) is 8.34. The number of ether oxygens (including phenoxy) is 1. The Morgan fingerprint density at radius 3 is 2.94 bits per heavy atom. The number of nitrogens with one attached hydrogen (secondary N) is 1. The number of aliphatic hydroxyl groups is 1. The van der Waals surface area contributed by atoms with E-state index in [1.807, 2.05) is 30.3 Å². The van der Waals surface area contributed by atoms with Crippen molar-refractivity contribution in [2.24, 2.45) is 0 Å². The van der Waals surface area contributed by atoms with Crippen LogP contribution in [0.3, 0.4) is 0 Å². The molecule has 3 nitrogen and oxygen atoms in total. The molecule has 0 radical (unpaired) electrons. The van der Waals surface area contributed by atoms with E-state index in [1.54, 1.807) is 0 Å². The molecule has 1 aromatic heterocycles. The highest BCUT2D eigenvalue weighted by molar-refractivity contribution is 6.10. The summed E-state index contributed by atoms with van der Waals surface area (Å²) >= 11 is 0. The molecule has 1 atom stereocenters. The average molecular weight is 225 g/mol. The summed E-state index contributed by atoms with van der Waals surface area (Å²) in [7, 11) is 0. The molecule has 0 saturated carbocycles. The first-order valence-electron chi connectivity index (χ1n) is 5.69. The Hall–Kier alpha value is -2.00. The molecule has 17 heavy (non-hydrogen) atoms.